The zero-order valence-electron chi connectivity index (χ0n) is 27.7. The Bertz CT molecular complexity index is 1880. The van der Waals surface area contributed by atoms with Crippen LogP contribution in [0.2, 0.25) is 10.0 Å². The lowest BCUT2D eigenvalue weighted by Crippen LogP contribution is -2.35. The van der Waals surface area contributed by atoms with Crippen LogP contribution in [0.15, 0.2) is 70.8 Å². The summed E-state index contributed by atoms with van der Waals surface area (Å²) in [7, 11) is 0.950. The Balaban J connectivity index is 1.68. The second-order valence-corrected chi connectivity index (χ2v) is 15.8. The van der Waals surface area contributed by atoms with Gasteiger partial charge in [-0.3, -0.25) is 9.36 Å². The van der Waals surface area contributed by atoms with Gasteiger partial charge in [-0.25, -0.2) is 22.2 Å². The van der Waals surface area contributed by atoms with Crippen molar-refractivity contribution < 1.29 is 31.8 Å². The number of nitrogens with zero attached hydrogens (tertiary/aromatic N) is 4. The Kier molecular flexibility index (Phi) is 12.8. The van der Waals surface area contributed by atoms with Crippen molar-refractivity contribution in [1.82, 2.24) is 18.8 Å². The Hall–Kier alpha value is -3.20. The van der Waals surface area contributed by atoms with Gasteiger partial charge >= 0.3 is 5.97 Å². The molecule has 0 spiro atoms. The minimum Gasteiger partial charge on any atom is -0.495 e. The van der Waals surface area contributed by atoms with Crippen molar-refractivity contribution in [2.24, 2.45) is 0 Å². The summed E-state index contributed by atoms with van der Waals surface area (Å²) in [5.74, 6) is -1.90. The lowest BCUT2D eigenvalue weighted by atomic mass is 9.81. The number of hydrogen-bond acceptors (Lipinski definition) is 7. The van der Waals surface area contributed by atoms with Gasteiger partial charge in [0.05, 0.1) is 35.3 Å². The van der Waals surface area contributed by atoms with Crippen LogP contribution in [-0.4, -0.2) is 79.1 Å². The van der Waals surface area contributed by atoms with Crippen molar-refractivity contribution in [1.29, 1.82) is 0 Å². The van der Waals surface area contributed by atoms with Crippen molar-refractivity contribution in [2.45, 2.75) is 47.9 Å². The van der Waals surface area contributed by atoms with Crippen molar-refractivity contribution in [3.05, 3.63) is 99.3 Å². The fourth-order valence-corrected chi connectivity index (χ4v) is 8.36. The largest absolute Gasteiger partial charge is 0.495 e. The first kappa shape index (κ1) is 38.6. The van der Waals surface area contributed by atoms with Crippen LogP contribution in [0.1, 0.15) is 43.5 Å². The second-order valence-electron chi connectivity index (χ2n) is 12.1. The predicted molar refractivity (Wildman–Crippen MR) is 189 cm³/mol. The molecule has 4 rings (SSSR count). The molecule has 1 aromatic heterocycles. The molecule has 0 bridgehead atoms. The lowest BCUT2D eigenvalue weighted by molar-refractivity contribution is -0.137. The van der Waals surface area contributed by atoms with Crippen LogP contribution in [-0.2, 0) is 26.0 Å². The van der Waals surface area contributed by atoms with Gasteiger partial charge in [0.1, 0.15) is 17.4 Å². The molecule has 3 aromatic carbocycles. The van der Waals surface area contributed by atoms with Crippen LogP contribution in [0.4, 0.5) is 8.78 Å². The molecular weight excluding hydrogens is 717 g/mol. The van der Waals surface area contributed by atoms with Gasteiger partial charge in [0.15, 0.2) is 5.16 Å². The van der Waals surface area contributed by atoms with Crippen molar-refractivity contribution in [3.63, 3.8) is 0 Å². The number of aromatic nitrogens is 2. The summed E-state index contributed by atoms with van der Waals surface area (Å²) in [6.45, 7) is 4.35. The maximum atomic E-state index is 15.7. The number of sulfonamides is 1. The van der Waals surface area contributed by atoms with Crippen molar-refractivity contribution >= 4 is 51.0 Å². The minimum absolute atomic E-state index is 0.0105. The van der Waals surface area contributed by atoms with E-state index in [4.69, 9.17) is 27.9 Å². The smallest absolute Gasteiger partial charge is 0.304 e. The van der Waals surface area contributed by atoms with Gasteiger partial charge < -0.3 is 14.7 Å². The highest BCUT2D eigenvalue weighted by Crippen LogP contribution is 2.40. The van der Waals surface area contributed by atoms with Crippen LogP contribution < -0.4 is 4.74 Å². The standard InChI is InChI=1S/C34H38Cl2F2N4O5S2/c1-34(2,22-7-12-27(35)30(17-22)47-5)31-20-39-33(42(31)24-10-8-23(37)9-11-24)48-21-26-28(36)18-25(19-29(26)38)49(45,46)41(16-13-32(43)44)15-6-14-40(3)4/h7-12,17-20H,6,13-16,21H2,1-5H3,(H,43,44). The van der Waals surface area contributed by atoms with Crippen LogP contribution in [0.5, 0.6) is 5.75 Å². The fourth-order valence-electron chi connectivity index (χ4n) is 5.20. The molecule has 0 aliphatic rings. The zero-order chi connectivity index (χ0) is 36.1. The molecule has 264 valence electrons. The number of methoxy groups -OCH3 is 1. The van der Waals surface area contributed by atoms with Crippen molar-refractivity contribution in [2.75, 3.05) is 40.8 Å². The lowest BCUT2D eigenvalue weighted by Gasteiger charge is -2.28. The molecule has 4 aromatic rings. The number of carbonyl (C=O) groups is 1. The molecule has 1 N–H and O–H groups in total. The van der Waals surface area contributed by atoms with Gasteiger partial charge in [-0.1, -0.05) is 54.9 Å². The fraction of sp³-hybridized carbons (Fsp3) is 0.353. The first-order chi connectivity index (χ1) is 23.1. The van der Waals surface area contributed by atoms with Gasteiger partial charge in [-0.05, 0) is 81.2 Å². The first-order valence-electron chi connectivity index (χ1n) is 15.2. The number of carboxylic acids is 1. The van der Waals surface area contributed by atoms with E-state index in [1.165, 1.54) is 37.1 Å². The number of hydrogen-bond donors (Lipinski definition) is 1. The zero-order valence-corrected chi connectivity index (χ0v) is 30.9. The van der Waals surface area contributed by atoms with E-state index in [0.29, 0.717) is 34.6 Å². The molecule has 0 fully saturated rings. The predicted octanol–water partition coefficient (Wildman–Crippen LogP) is 7.50. The molecule has 0 atom stereocenters. The molecule has 1 heterocycles. The number of thioether (sulfide) groups is 1. The van der Waals surface area contributed by atoms with Crippen LogP contribution in [0.3, 0.4) is 0 Å². The van der Waals surface area contributed by atoms with Crippen LogP contribution in [0, 0.1) is 11.6 Å². The van der Waals surface area contributed by atoms with E-state index >= 15 is 4.39 Å². The summed E-state index contributed by atoms with van der Waals surface area (Å²) in [6, 6.07) is 13.5. The summed E-state index contributed by atoms with van der Waals surface area (Å²) >= 11 is 14.0. The third kappa shape index (κ3) is 9.13. The highest BCUT2D eigenvalue weighted by Gasteiger charge is 2.31. The summed E-state index contributed by atoms with van der Waals surface area (Å²) in [5.41, 5.74) is 1.64. The van der Waals surface area contributed by atoms with E-state index in [9.17, 15) is 22.7 Å². The minimum atomic E-state index is -4.26. The molecule has 9 nitrogen and oxygen atoms in total. The number of halogens is 4. The maximum Gasteiger partial charge on any atom is 0.304 e. The molecule has 0 amide bonds. The highest BCUT2D eigenvalue weighted by atomic mass is 35.5. The molecule has 0 aliphatic carbocycles. The Morgan fingerprint density at radius 3 is 2.33 bits per heavy atom. The molecule has 0 saturated carbocycles. The van der Waals surface area contributed by atoms with E-state index in [1.807, 2.05) is 49.5 Å². The Morgan fingerprint density at radius 2 is 1.71 bits per heavy atom. The molecule has 0 aliphatic heterocycles. The molecular formula is C34H38Cl2F2N4O5S2. The van der Waals surface area contributed by atoms with Gasteiger partial charge in [-0.15, -0.1) is 0 Å². The third-order valence-corrected chi connectivity index (χ3v) is 11.5. The molecule has 0 radical (unpaired) electrons. The number of rotatable bonds is 16. The van der Waals surface area contributed by atoms with Gasteiger partial charge in [-0.2, -0.15) is 4.31 Å². The van der Waals surface area contributed by atoms with E-state index in [2.05, 4.69) is 4.98 Å². The first-order valence-corrected chi connectivity index (χ1v) is 18.4. The molecule has 0 saturated heterocycles. The summed E-state index contributed by atoms with van der Waals surface area (Å²) < 4.78 is 65.1. The van der Waals surface area contributed by atoms with E-state index in [-0.39, 0.29) is 34.3 Å². The highest BCUT2D eigenvalue weighted by molar-refractivity contribution is 7.98. The number of ether oxygens (including phenoxy) is 1. The quantitative estimate of drug-likeness (QED) is 0.117. The van der Waals surface area contributed by atoms with E-state index in [0.717, 1.165) is 21.6 Å². The van der Waals surface area contributed by atoms with Gasteiger partial charge in [0.2, 0.25) is 10.0 Å². The molecule has 49 heavy (non-hydrogen) atoms. The maximum absolute atomic E-state index is 15.7. The SMILES string of the molecule is COc1cc(C(C)(C)c2cnc(SCc3c(F)cc(S(=O)(=O)N(CCCN(C)C)CCC(=O)O)cc3Cl)n2-c2ccc(F)cc2)ccc1Cl. The molecule has 0 unspecified atom stereocenters. The topological polar surface area (TPSA) is 105 Å². The third-order valence-electron chi connectivity index (χ3n) is 8.01. The van der Waals surface area contributed by atoms with Crippen LogP contribution in [0.25, 0.3) is 5.69 Å². The summed E-state index contributed by atoms with van der Waals surface area (Å²) in [4.78, 5) is 17.4. The van der Waals surface area contributed by atoms with Crippen LogP contribution >= 0.6 is 35.0 Å². The average Bonchev–Trinajstić information content (AvgIpc) is 3.47. The number of imidazole rings is 1. The number of aliphatic carboxylic acids is 1. The summed E-state index contributed by atoms with van der Waals surface area (Å²) in [5, 5.41) is 10.00. The monoisotopic (exact) mass is 754 g/mol. The van der Waals surface area contributed by atoms with Crippen molar-refractivity contribution in [3.8, 4) is 11.4 Å². The average molecular weight is 756 g/mol. The van der Waals surface area contributed by atoms with E-state index in [1.54, 1.807) is 24.4 Å². The number of benzene rings is 3. The second kappa shape index (κ2) is 16.2. The van der Waals surface area contributed by atoms with E-state index < -0.39 is 39.5 Å². The number of carboxylic acid groups (broad SMARTS) is 1. The Morgan fingerprint density at radius 1 is 1.02 bits per heavy atom. The summed E-state index contributed by atoms with van der Waals surface area (Å²) in [6.07, 6.45) is 1.74. The van der Waals surface area contributed by atoms with Gasteiger partial charge in [0, 0.05) is 40.5 Å². The Labute approximate surface area is 299 Å². The molecule has 15 heteroatoms. The normalized spacial score (nSPS) is 12.2. The van der Waals surface area contributed by atoms with Gasteiger partial charge in [0.25, 0.3) is 0 Å².